The molecule has 0 saturated carbocycles. The van der Waals surface area contributed by atoms with Crippen molar-refractivity contribution in [3.8, 4) is 0 Å². The SMILES string of the molecule is C[C-](C)c1ccccc1.[Y].[Y].[Y].[Y].[Y]. The van der Waals surface area contributed by atoms with E-state index in [1.54, 1.807) is 0 Å². The second kappa shape index (κ2) is 19.9. The van der Waals surface area contributed by atoms with Crippen LogP contribution in [-0.4, -0.2) is 0 Å². The molecule has 0 nitrogen and oxygen atoms in total. The maximum absolute atomic E-state index is 2.12. The van der Waals surface area contributed by atoms with Crippen LogP contribution in [0.3, 0.4) is 0 Å². The molecule has 0 bridgehead atoms. The fourth-order valence-electron chi connectivity index (χ4n) is 0.771. The third kappa shape index (κ3) is 14.7. The smallest absolute Gasteiger partial charge is 0 e. The third-order valence-corrected chi connectivity index (χ3v) is 1.35. The summed E-state index contributed by atoms with van der Waals surface area (Å²) in [4.78, 5) is 0. The summed E-state index contributed by atoms with van der Waals surface area (Å²) in [6, 6.07) is 10.4. The van der Waals surface area contributed by atoms with Crippen molar-refractivity contribution in [3.05, 3.63) is 41.8 Å². The summed E-state index contributed by atoms with van der Waals surface area (Å²) in [6.45, 7) is 4.24. The van der Waals surface area contributed by atoms with Crippen LogP contribution in [0.4, 0.5) is 0 Å². The molecule has 1 aromatic carbocycles. The van der Waals surface area contributed by atoms with E-state index in [0.717, 1.165) is 0 Å². The van der Waals surface area contributed by atoms with Gasteiger partial charge in [0.05, 0.1) is 0 Å². The van der Waals surface area contributed by atoms with Crippen molar-refractivity contribution in [1.82, 2.24) is 0 Å². The Morgan fingerprint density at radius 1 is 0.714 bits per heavy atom. The Morgan fingerprint density at radius 3 is 1.29 bits per heavy atom. The molecular formula is C9H11Y5-. The Bertz CT molecular complexity index is 176. The molecule has 0 N–H and O–H groups in total. The molecule has 0 aromatic heterocycles. The molecule has 5 radical (unpaired) electrons. The van der Waals surface area contributed by atoms with Crippen LogP contribution >= 0.6 is 0 Å². The Kier molecular flexibility index (Phi) is 44.4. The number of benzene rings is 1. The predicted octanol–water partition coefficient (Wildman–Crippen LogP) is 2.64. The van der Waals surface area contributed by atoms with Gasteiger partial charge in [0, 0.05) is 164 Å². The Labute approximate surface area is 213 Å². The topological polar surface area (TPSA) is 0 Å². The first-order valence-electron chi connectivity index (χ1n) is 3.16. The molecule has 0 fully saturated rings. The van der Waals surface area contributed by atoms with E-state index < -0.39 is 0 Å². The van der Waals surface area contributed by atoms with Crippen LogP contribution in [0.1, 0.15) is 19.4 Å². The molecule has 5 heteroatoms. The number of hydrogen-bond donors (Lipinski definition) is 0. The summed E-state index contributed by atoms with van der Waals surface area (Å²) in [7, 11) is 0. The van der Waals surface area contributed by atoms with Gasteiger partial charge in [0.15, 0.2) is 0 Å². The molecule has 1 rings (SSSR count). The van der Waals surface area contributed by atoms with Crippen LogP contribution in [0, 0.1) is 5.92 Å². The van der Waals surface area contributed by atoms with Gasteiger partial charge >= 0.3 is 0 Å². The van der Waals surface area contributed by atoms with Crippen molar-refractivity contribution in [2.75, 3.05) is 0 Å². The Morgan fingerprint density at radius 2 is 1.07 bits per heavy atom. The third-order valence-electron chi connectivity index (χ3n) is 1.35. The van der Waals surface area contributed by atoms with Crippen molar-refractivity contribution in [2.24, 2.45) is 0 Å². The van der Waals surface area contributed by atoms with Gasteiger partial charge in [0.2, 0.25) is 0 Å². The number of rotatable bonds is 1. The van der Waals surface area contributed by atoms with Gasteiger partial charge in [0.25, 0.3) is 0 Å². The van der Waals surface area contributed by atoms with Crippen molar-refractivity contribution < 1.29 is 164 Å². The second-order valence-corrected chi connectivity index (χ2v) is 2.37. The summed E-state index contributed by atoms with van der Waals surface area (Å²) >= 11 is 0. The first-order chi connectivity index (χ1) is 4.30. The monoisotopic (exact) mass is 564 g/mol. The minimum atomic E-state index is 0. The average Bonchev–Trinajstić information content (AvgIpc) is 1.90. The molecule has 1 aromatic rings. The van der Waals surface area contributed by atoms with Crippen LogP contribution < -0.4 is 0 Å². The maximum atomic E-state index is 2.12. The molecule has 0 amide bonds. The normalized spacial score (nSPS) is 5.86. The standard InChI is InChI=1S/C9H11.5Y/c1-8(2)9-6-4-3-5-7-9;;;;;/h3-7H,1-2H3;;;;;/q-1;;;;;. The van der Waals surface area contributed by atoms with E-state index >= 15 is 0 Å². The quantitative estimate of drug-likeness (QED) is 0.461. The summed E-state index contributed by atoms with van der Waals surface area (Å²) in [5.41, 5.74) is 1.33. The summed E-state index contributed by atoms with van der Waals surface area (Å²) in [5, 5.41) is 0. The summed E-state index contributed by atoms with van der Waals surface area (Å²) in [5.74, 6) is 1.37. The van der Waals surface area contributed by atoms with Gasteiger partial charge in [-0.25, -0.2) is 0 Å². The molecule has 63 valence electrons. The zero-order chi connectivity index (χ0) is 6.69. The van der Waals surface area contributed by atoms with Crippen LogP contribution in [0.2, 0.25) is 0 Å². The van der Waals surface area contributed by atoms with E-state index in [9.17, 15) is 0 Å². The van der Waals surface area contributed by atoms with Crippen molar-refractivity contribution >= 4 is 0 Å². The molecule has 14 heavy (non-hydrogen) atoms. The fourth-order valence-corrected chi connectivity index (χ4v) is 0.771. The van der Waals surface area contributed by atoms with Crippen molar-refractivity contribution in [2.45, 2.75) is 13.8 Å². The largest absolute Gasteiger partial charge is 0.189 e. The van der Waals surface area contributed by atoms with E-state index in [1.165, 1.54) is 11.5 Å². The minimum Gasteiger partial charge on any atom is -0.189 e. The summed E-state index contributed by atoms with van der Waals surface area (Å²) in [6.07, 6.45) is 0. The number of hydrogen-bond acceptors (Lipinski definition) is 0. The van der Waals surface area contributed by atoms with Gasteiger partial charge in [-0.05, 0) is 0 Å². The molecular weight excluding hydrogens is 553 g/mol. The molecule has 0 saturated heterocycles. The zero-order valence-corrected chi connectivity index (χ0v) is 23.0. The first kappa shape index (κ1) is 31.2. The summed E-state index contributed by atoms with van der Waals surface area (Å²) < 4.78 is 0. The Hall–Kier alpha value is 4.61. The van der Waals surface area contributed by atoms with Gasteiger partial charge in [-0.2, -0.15) is 23.6 Å². The predicted molar refractivity (Wildman–Crippen MR) is 40.1 cm³/mol. The van der Waals surface area contributed by atoms with E-state index in [0.29, 0.717) is 0 Å². The van der Waals surface area contributed by atoms with Gasteiger partial charge in [-0.15, -0.1) is 12.1 Å². The average molecular weight is 564 g/mol. The van der Waals surface area contributed by atoms with E-state index in [2.05, 4.69) is 38.1 Å². The van der Waals surface area contributed by atoms with Gasteiger partial charge in [0.1, 0.15) is 0 Å². The minimum absolute atomic E-state index is 0. The van der Waals surface area contributed by atoms with Crippen LogP contribution in [0.25, 0.3) is 0 Å². The van der Waals surface area contributed by atoms with E-state index in [1.807, 2.05) is 6.07 Å². The molecule has 0 aliphatic rings. The molecule has 0 aliphatic carbocycles. The molecule has 0 atom stereocenters. The molecule has 0 aliphatic heterocycles. The van der Waals surface area contributed by atoms with E-state index in [-0.39, 0.29) is 164 Å². The fraction of sp³-hybridized carbons (Fsp3) is 0.222. The van der Waals surface area contributed by atoms with Crippen molar-refractivity contribution in [3.63, 3.8) is 0 Å². The van der Waals surface area contributed by atoms with Crippen LogP contribution in [-0.2, 0) is 164 Å². The van der Waals surface area contributed by atoms with Crippen LogP contribution in [0.15, 0.2) is 30.3 Å². The van der Waals surface area contributed by atoms with Crippen LogP contribution in [0.5, 0.6) is 0 Å². The van der Waals surface area contributed by atoms with Gasteiger partial charge in [-0.1, -0.05) is 19.9 Å². The molecule has 0 spiro atoms. The van der Waals surface area contributed by atoms with Gasteiger partial charge < -0.3 is 0 Å². The Balaban J connectivity index is -0.0000000540. The van der Waals surface area contributed by atoms with Crippen molar-refractivity contribution in [1.29, 1.82) is 0 Å². The maximum Gasteiger partial charge on any atom is 0 e. The zero-order valence-electron chi connectivity index (χ0n) is 8.77. The van der Waals surface area contributed by atoms with E-state index in [4.69, 9.17) is 0 Å². The second-order valence-electron chi connectivity index (χ2n) is 2.37. The molecule has 0 heterocycles. The van der Waals surface area contributed by atoms with Gasteiger partial charge in [-0.3, -0.25) is 0 Å². The first-order valence-corrected chi connectivity index (χ1v) is 3.16. The molecule has 0 unspecified atom stereocenters.